The molecule has 1 aromatic rings. The van der Waals surface area contributed by atoms with Gasteiger partial charge in [-0.05, 0) is 38.8 Å². The summed E-state index contributed by atoms with van der Waals surface area (Å²) in [7, 11) is 1.60. The standard InChI is InChI=1S/C18H27N5O2.HI/c1-18(2,3)22-15(24)11-20-17(19-4)21-12-16(25)23-10-9-13-7-5-6-8-14(13)23;/h5-8H,9-12H2,1-4H3,(H,22,24)(H2,19,20,21);1H. The number of hydrogen-bond acceptors (Lipinski definition) is 3. The van der Waals surface area contributed by atoms with E-state index in [1.807, 2.05) is 45.0 Å². The van der Waals surface area contributed by atoms with Crippen molar-refractivity contribution in [2.24, 2.45) is 4.99 Å². The molecule has 1 heterocycles. The Morgan fingerprint density at radius 3 is 2.46 bits per heavy atom. The second kappa shape index (κ2) is 9.75. The number of amides is 2. The minimum absolute atomic E-state index is 0. The van der Waals surface area contributed by atoms with Gasteiger partial charge in [-0.1, -0.05) is 18.2 Å². The number of rotatable bonds is 4. The van der Waals surface area contributed by atoms with Crippen molar-refractivity contribution >= 4 is 47.4 Å². The van der Waals surface area contributed by atoms with Crippen LogP contribution in [0.2, 0.25) is 0 Å². The lowest BCUT2D eigenvalue weighted by molar-refractivity contribution is -0.121. The van der Waals surface area contributed by atoms with Gasteiger partial charge in [-0.3, -0.25) is 14.6 Å². The van der Waals surface area contributed by atoms with Crippen LogP contribution in [-0.2, 0) is 16.0 Å². The second-order valence-corrected chi connectivity index (χ2v) is 7.00. The van der Waals surface area contributed by atoms with Crippen LogP contribution in [0.3, 0.4) is 0 Å². The Bertz CT molecular complexity index is 670. The van der Waals surface area contributed by atoms with Crippen LogP contribution in [0.5, 0.6) is 0 Å². The molecule has 0 saturated carbocycles. The molecule has 2 amide bonds. The fraction of sp³-hybridized carbons (Fsp3) is 0.500. The third kappa shape index (κ3) is 6.47. The van der Waals surface area contributed by atoms with E-state index in [4.69, 9.17) is 0 Å². The highest BCUT2D eigenvalue weighted by atomic mass is 127. The zero-order valence-electron chi connectivity index (χ0n) is 15.8. The van der Waals surface area contributed by atoms with Crippen LogP contribution in [0, 0.1) is 0 Å². The maximum absolute atomic E-state index is 12.5. The lowest BCUT2D eigenvalue weighted by Crippen LogP contribution is -2.49. The van der Waals surface area contributed by atoms with E-state index >= 15 is 0 Å². The molecule has 0 aromatic heterocycles. The summed E-state index contributed by atoms with van der Waals surface area (Å²) in [5.41, 5.74) is 1.88. The maximum atomic E-state index is 12.5. The Labute approximate surface area is 172 Å². The van der Waals surface area contributed by atoms with Gasteiger partial charge in [0, 0.05) is 24.8 Å². The van der Waals surface area contributed by atoms with Crippen LogP contribution in [0.25, 0.3) is 0 Å². The monoisotopic (exact) mass is 473 g/mol. The summed E-state index contributed by atoms with van der Waals surface area (Å²) in [6, 6.07) is 7.93. The molecule has 0 bridgehead atoms. The third-order valence-electron chi connectivity index (χ3n) is 3.75. The van der Waals surface area contributed by atoms with Crippen molar-refractivity contribution < 1.29 is 9.59 Å². The molecule has 3 N–H and O–H groups in total. The Morgan fingerprint density at radius 1 is 1.15 bits per heavy atom. The van der Waals surface area contributed by atoms with E-state index < -0.39 is 0 Å². The fourth-order valence-electron chi connectivity index (χ4n) is 2.70. The van der Waals surface area contributed by atoms with E-state index in [-0.39, 0.29) is 54.4 Å². The highest BCUT2D eigenvalue weighted by Crippen LogP contribution is 2.27. The predicted octanol–water partition coefficient (Wildman–Crippen LogP) is 1.27. The summed E-state index contributed by atoms with van der Waals surface area (Å²) in [5.74, 6) is 0.271. The van der Waals surface area contributed by atoms with Gasteiger partial charge in [-0.15, -0.1) is 24.0 Å². The first-order valence-electron chi connectivity index (χ1n) is 8.44. The summed E-state index contributed by atoms with van der Waals surface area (Å²) < 4.78 is 0. The molecular formula is C18H28IN5O2. The smallest absolute Gasteiger partial charge is 0.246 e. The third-order valence-corrected chi connectivity index (χ3v) is 3.75. The normalized spacial score (nSPS) is 13.5. The number of guanidine groups is 1. The van der Waals surface area contributed by atoms with E-state index in [9.17, 15) is 9.59 Å². The molecule has 1 aliphatic rings. The SMILES string of the molecule is CN=C(NCC(=O)NC(C)(C)C)NCC(=O)N1CCc2ccccc21.I. The average Bonchev–Trinajstić information content (AvgIpc) is 2.97. The molecule has 1 aliphatic heterocycles. The number of aliphatic imine (C=N–C) groups is 1. The number of fused-ring (bicyclic) bond motifs is 1. The summed E-state index contributed by atoms with van der Waals surface area (Å²) in [4.78, 5) is 30.1. The van der Waals surface area contributed by atoms with Gasteiger partial charge in [0.2, 0.25) is 11.8 Å². The number of benzene rings is 1. The molecule has 0 spiro atoms. The summed E-state index contributed by atoms with van der Waals surface area (Å²) in [6.07, 6.45) is 0.877. The zero-order valence-corrected chi connectivity index (χ0v) is 18.1. The Morgan fingerprint density at radius 2 is 1.81 bits per heavy atom. The molecule has 2 rings (SSSR count). The first kappa shape index (κ1) is 22.2. The van der Waals surface area contributed by atoms with Crippen LogP contribution in [0.1, 0.15) is 26.3 Å². The Balaban J connectivity index is 0.00000338. The van der Waals surface area contributed by atoms with Crippen LogP contribution in [0.15, 0.2) is 29.3 Å². The van der Waals surface area contributed by atoms with Gasteiger partial charge >= 0.3 is 0 Å². The van der Waals surface area contributed by atoms with Crippen molar-refractivity contribution in [1.29, 1.82) is 0 Å². The van der Waals surface area contributed by atoms with Crippen molar-refractivity contribution in [2.45, 2.75) is 32.7 Å². The van der Waals surface area contributed by atoms with E-state index in [1.54, 1.807) is 11.9 Å². The van der Waals surface area contributed by atoms with Crippen LogP contribution in [-0.4, -0.2) is 50.0 Å². The second-order valence-electron chi connectivity index (χ2n) is 7.00. The molecule has 1 aromatic carbocycles. The molecule has 7 nitrogen and oxygen atoms in total. The molecule has 0 fully saturated rings. The van der Waals surface area contributed by atoms with E-state index in [0.717, 1.165) is 12.1 Å². The van der Waals surface area contributed by atoms with E-state index in [1.165, 1.54) is 5.56 Å². The Hall–Kier alpha value is -1.84. The minimum Gasteiger partial charge on any atom is -0.350 e. The highest BCUT2D eigenvalue weighted by Gasteiger charge is 2.24. The maximum Gasteiger partial charge on any atom is 0.246 e. The summed E-state index contributed by atoms with van der Waals surface area (Å²) in [5, 5.41) is 8.74. The van der Waals surface area contributed by atoms with Crippen molar-refractivity contribution in [3.05, 3.63) is 29.8 Å². The first-order chi connectivity index (χ1) is 11.8. The van der Waals surface area contributed by atoms with Crippen molar-refractivity contribution in [2.75, 3.05) is 31.6 Å². The molecule has 144 valence electrons. The molecule has 0 saturated heterocycles. The number of carbonyl (C=O) groups is 2. The molecule has 8 heteroatoms. The lowest BCUT2D eigenvalue weighted by Gasteiger charge is -2.21. The predicted molar refractivity (Wildman–Crippen MR) is 115 cm³/mol. The van der Waals surface area contributed by atoms with Gasteiger partial charge in [0.25, 0.3) is 0 Å². The fourth-order valence-corrected chi connectivity index (χ4v) is 2.70. The van der Waals surface area contributed by atoms with Crippen LogP contribution < -0.4 is 20.9 Å². The topological polar surface area (TPSA) is 85.8 Å². The number of nitrogens with one attached hydrogen (secondary N) is 3. The quantitative estimate of drug-likeness (QED) is 0.350. The minimum atomic E-state index is -0.283. The highest BCUT2D eigenvalue weighted by molar-refractivity contribution is 14.0. The molecule has 0 radical (unpaired) electrons. The van der Waals surface area contributed by atoms with E-state index in [0.29, 0.717) is 12.5 Å². The molecular weight excluding hydrogens is 445 g/mol. The average molecular weight is 473 g/mol. The van der Waals surface area contributed by atoms with Gasteiger partial charge < -0.3 is 20.9 Å². The van der Waals surface area contributed by atoms with Crippen molar-refractivity contribution in [1.82, 2.24) is 16.0 Å². The molecule has 0 unspecified atom stereocenters. The number of para-hydroxylation sites is 1. The van der Waals surface area contributed by atoms with Crippen molar-refractivity contribution in [3.8, 4) is 0 Å². The van der Waals surface area contributed by atoms with Gasteiger partial charge in [-0.25, -0.2) is 0 Å². The van der Waals surface area contributed by atoms with Crippen LogP contribution >= 0.6 is 24.0 Å². The molecule has 0 atom stereocenters. The number of hydrogen-bond donors (Lipinski definition) is 3. The van der Waals surface area contributed by atoms with Gasteiger partial charge in [0.1, 0.15) is 0 Å². The van der Waals surface area contributed by atoms with E-state index in [2.05, 4.69) is 20.9 Å². The molecule has 0 aliphatic carbocycles. The lowest BCUT2D eigenvalue weighted by atomic mass is 10.1. The Kier molecular flexibility index (Phi) is 8.32. The van der Waals surface area contributed by atoms with Gasteiger partial charge in [-0.2, -0.15) is 0 Å². The zero-order chi connectivity index (χ0) is 18.4. The number of anilines is 1. The molecule has 26 heavy (non-hydrogen) atoms. The van der Waals surface area contributed by atoms with Crippen LogP contribution in [0.4, 0.5) is 5.69 Å². The summed E-state index contributed by atoms with van der Waals surface area (Å²) in [6.45, 7) is 6.67. The largest absolute Gasteiger partial charge is 0.350 e. The van der Waals surface area contributed by atoms with Crippen molar-refractivity contribution in [3.63, 3.8) is 0 Å². The first-order valence-corrected chi connectivity index (χ1v) is 8.44. The number of halogens is 1. The van der Waals surface area contributed by atoms with Gasteiger partial charge in [0.15, 0.2) is 5.96 Å². The number of nitrogens with zero attached hydrogens (tertiary/aromatic N) is 2. The number of carbonyl (C=O) groups excluding carboxylic acids is 2. The summed E-state index contributed by atoms with van der Waals surface area (Å²) >= 11 is 0. The van der Waals surface area contributed by atoms with Gasteiger partial charge in [0.05, 0.1) is 13.1 Å².